The largest absolute Gasteiger partial charge is 0.508 e. The number of carbonyl (C=O) groups is 2. The molecule has 0 saturated heterocycles. The molecule has 0 spiro atoms. The van der Waals surface area contributed by atoms with Gasteiger partial charge in [0.15, 0.2) is 0 Å². The SMILES string of the molecule is COC(=O)CCCCc1ccc(O)cc1.COC(=O)CCCCc1ccc(OCCBr)cc1.OCCBr. The Labute approximate surface area is 237 Å². The maximum atomic E-state index is 10.9. The highest BCUT2D eigenvalue weighted by molar-refractivity contribution is 9.09. The van der Waals surface area contributed by atoms with Crippen molar-refractivity contribution in [1.29, 1.82) is 0 Å². The molecule has 0 unspecified atom stereocenters. The summed E-state index contributed by atoms with van der Waals surface area (Å²) >= 11 is 6.32. The molecule has 9 heteroatoms. The number of hydrogen-bond acceptors (Lipinski definition) is 7. The molecular formula is C28H40Br2O7. The predicted molar refractivity (Wildman–Crippen MR) is 154 cm³/mol. The molecular weight excluding hydrogens is 608 g/mol. The average Bonchev–Trinajstić information content (AvgIpc) is 2.94. The van der Waals surface area contributed by atoms with E-state index in [0.717, 1.165) is 49.6 Å². The van der Waals surface area contributed by atoms with Crippen LogP contribution < -0.4 is 4.74 Å². The van der Waals surface area contributed by atoms with Crippen molar-refractivity contribution in [1.82, 2.24) is 0 Å². The highest BCUT2D eigenvalue weighted by Crippen LogP contribution is 2.15. The minimum Gasteiger partial charge on any atom is -0.508 e. The fourth-order valence-electron chi connectivity index (χ4n) is 2.97. The zero-order valence-electron chi connectivity index (χ0n) is 21.8. The van der Waals surface area contributed by atoms with Crippen molar-refractivity contribution in [2.45, 2.75) is 51.4 Å². The minimum atomic E-state index is -0.152. The second-order valence-corrected chi connectivity index (χ2v) is 9.41. The quantitative estimate of drug-likeness (QED) is 0.147. The number of alkyl halides is 2. The molecule has 0 heterocycles. The number of benzene rings is 2. The molecule has 0 amide bonds. The summed E-state index contributed by atoms with van der Waals surface area (Å²) in [4.78, 5) is 21.7. The van der Waals surface area contributed by atoms with Gasteiger partial charge in [-0.3, -0.25) is 9.59 Å². The van der Waals surface area contributed by atoms with Crippen molar-refractivity contribution in [2.24, 2.45) is 0 Å². The van der Waals surface area contributed by atoms with Crippen molar-refractivity contribution >= 4 is 43.8 Å². The van der Waals surface area contributed by atoms with E-state index in [4.69, 9.17) is 14.9 Å². The number of aryl methyl sites for hydroxylation is 2. The van der Waals surface area contributed by atoms with Crippen LogP contribution in [-0.4, -0.2) is 60.2 Å². The van der Waals surface area contributed by atoms with Gasteiger partial charge in [0.05, 0.1) is 27.4 Å². The van der Waals surface area contributed by atoms with Crippen LogP contribution in [0.25, 0.3) is 0 Å². The van der Waals surface area contributed by atoms with Crippen molar-refractivity contribution in [3.05, 3.63) is 59.7 Å². The van der Waals surface area contributed by atoms with Crippen molar-refractivity contribution in [3.8, 4) is 11.5 Å². The predicted octanol–water partition coefficient (Wildman–Crippen LogP) is 6.00. The minimum absolute atomic E-state index is 0.131. The zero-order chi connectivity index (χ0) is 27.7. The smallest absolute Gasteiger partial charge is 0.305 e. The summed E-state index contributed by atoms with van der Waals surface area (Å²) in [5.74, 6) is 0.898. The van der Waals surface area contributed by atoms with E-state index in [0.29, 0.717) is 24.8 Å². The summed E-state index contributed by atoms with van der Waals surface area (Å²) < 4.78 is 14.6. The number of aromatic hydroxyl groups is 1. The van der Waals surface area contributed by atoms with Crippen molar-refractivity contribution in [2.75, 3.05) is 38.1 Å². The van der Waals surface area contributed by atoms with Crippen LogP contribution in [-0.2, 0) is 31.9 Å². The molecule has 0 fully saturated rings. The summed E-state index contributed by atoms with van der Waals surface area (Å²) in [6.07, 6.45) is 6.56. The number of carbonyl (C=O) groups excluding carboxylic acids is 2. The van der Waals surface area contributed by atoms with Gasteiger partial charge in [0.25, 0.3) is 0 Å². The maximum Gasteiger partial charge on any atom is 0.305 e. The van der Waals surface area contributed by atoms with Crippen molar-refractivity contribution in [3.63, 3.8) is 0 Å². The fraction of sp³-hybridized carbons (Fsp3) is 0.500. The molecule has 2 N–H and O–H groups in total. The summed E-state index contributed by atoms with van der Waals surface area (Å²) in [6.45, 7) is 0.915. The number of aliphatic hydroxyl groups is 1. The second-order valence-electron chi connectivity index (χ2n) is 7.83. The van der Waals surface area contributed by atoms with E-state index in [9.17, 15) is 9.59 Å². The Morgan fingerprint density at radius 3 is 1.54 bits per heavy atom. The van der Waals surface area contributed by atoms with Crippen LogP contribution >= 0.6 is 31.9 Å². The van der Waals surface area contributed by atoms with E-state index in [-0.39, 0.29) is 24.3 Å². The lowest BCUT2D eigenvalue weighted by Crippen LogP contribution is -2.00. The van der Waals surface area contributed by atoms with Gasteiger partial charge in [-0.25, -0.2) is 0 Å². The average molecular weight is 648 g/mol. The maximum absolute atomic E-state index is 10.9. The topological polar surface area (TPSA) is 102 Å². The highest BCUT2D eigenvalue weighted by Gasteiger charge is 2.01. The molecule has 0 radical (unpaired) electrons. The Hall–Kier alpha value is -2.10. The molecule has 0 aliphatic carbocycles. The lowest BCUT2D eigenvalue weighted by atomic mass is 10.1. The number of phenolic OH excluding ortho intramolecular Hbond substituents is 1. The molecule has 0 aliphatic heterocycles. The standard InChI is InChI=1S/C14H19BrO3.C12H16O3.C2H5BrO/c1-17-14(16)5-3-2-4-12-6-8-13(9-7-12)18-11-10-15;1-15-12(14)5-3-2-4-10-6-8-11(13)9-7-10;3-1-2-4/h6-9H,2-5,10-11H2,1H3;6-9,13H,2-5H2,1H3;4H,1-2H2. The third kappa shape index (κ3) is 20.6. The van der Waals surface area contributed by atoms with Gasteiger partial charge in [0.1, 0.15) is 11.5 Å². The summed E-state index contributed by atoms with van der Waals surface area (Å²) in [5, 5.41) is 18.4. The molecule has 0 saturated carbocycles. The molecule has 2 aromatic carbocycles. The Balaban J connectivity index is 0.000000619. The van der Waals surface area contributed by atoms with Crippen LogP contribution in [0, 0.1) is 0 Å². The monoisotopic (exact) mass is 646 g/mol. The summed E-state index contributed by atoms with van der Waals surface area (Å²) in [7, 11) is 2.83. The molecule has 0 aliphatic rings. The van der Waals surface area contributed by atoms with Gasteiger partial charge < -0.3 is 24.4 Å². The number of phenols is 1. The molecule has 0 atom stereocenters. The van der Waals surface area contributed by atoms with Gasteiger partial charge in [-0.2, -0.15) is 0 Å². The molecule has 37 heavy (non-hydrogen) atoms. The molecule has 0 aromatic heterocycles. The van der Waals surface area contributed by atoms with Crippen LogP contribution in [0.5, 0.6) is 11.5 Å². The molecule has 208 valence electrons. The van der Waals surface area contributed by atoms with E-state index < -0.39 is 0 Å². The first-order chi connectivity index (χ1) is 17.9. The summed E-state index contributed by atoms with van der Waals surface area (Å²) in [6, 6.07) is 15.3. The highest BCUT2D eigenvalue weighted by atomic mass is 79.9. The first-order valence-electron chi connectivity index (χ1n) is 12.3. The first kappa shape index (κ1) is 34.9. The van der Waals surface area contributed by atoms with Crippen LogP contribution in [0.2, 0.25) is 0 Å². The summed E-state index contributed by atoms with van der Waals surface area (Å²) in [5.41, 5.74) is 2.45. The second kappa shape index (κ2) is 24.2. The number of esters is 2. The molecule has 0 bridgehead atoms. The zero-order valence-corrected chi connectivity index (χ0v) is 25.0. The van der Waals surface area contributed by atoms with Crippen LogP contribution in [0.15, 0.2) is 48.5 Å². The number of ether oxygens (including phenoxy) is 3. The number of methoxy groups -OCH3 is 2. The Bertz CT molecular complexity index is 825. The number of rotatable bonds is 14. The Morgan fingerprint density at radius 1 is 0.730 bits per heavy atom. The normalized spacial score (nSPS) is 9.76. The number of unbranched alkanes of at least 4 members (excludes halogenated alkanes) is 2. The lowest BCUT2D eigenvalue weighted by molar-refractivity contribution is -0.141. The van der Waals surface area contributed by atoms with E-state index in [1.54, 1.807) is 12.1 Å². The van der Waals surface area contributed by atoms with Crippen molar-refractivity contribution < 1.29 is 34.0 Å². The van der Waals surface area contributed by atoms with Gasteiger partial charge in [-0.15, -0.1) is 0 Å². The van der Waals surface area contributed by atoms with E-state index >= 15 is 0 Å². The van der Waals surface area contributed by atoms with Gasteiger partial charge >= 0.3 is 11.9 Å². The molecule has 7 nitrogen and oxygen atoms in total. The van der Waals surface area contributed by atoms with Gasteiger partial charge in [-0.05, 0) is 73.9 Å². The lowest BCUT2D eigenvalue weighted by Gasteiger charge is -2.05. The first-order valence-corrected chi connectivity index (χ1v) is 14.5. The Morgan fingerprint density at radius 2 is 1.16 bits per heavy atom. The van der Waals surface area contributed by atoms with E-state index in [1.165, 1.54) is 25.3 Å². The Kier molecular flexibility index (Phi) is 22.9. The third-order valence-corrected chi connectivity index (χ3v) is 5.62. The van der Waals surface area contributed by atoms with Gasteiger partial charge in [-0.1, -0.05) is 56.1 Å². The van der Waals surface area contributed by atoms with E-state index in [2.05, 4.69) is 53.5 Å². The number of hydrogen-bond donors (Lipinski definition) is 2. The molecule has 2 rings (SSSR count). The number of aliphatic hydroxyl groups excluding tert-OH is 1. The van der Waals surface area contributed by atoms with Crippen LogP contribution in [0.3, 0.4) is 0 Å². The number of halogens is 2. The molecule has 2 aromatic rings. The van der Waals surface area contributed by atoms with E-state index in [1.807, 2.05) is 24.3 Å². The third-order valence-electron chi connectivity index (χ3n) is 4.94. The van der Waals surface area contributed by atoms with Gasteiger partial charge in [0, 0.05) is 23.5 Å². The van der Waals surface area contributed by atoms with Crippen LogP contribution in [0.4, 0.5) is 0 Å². The fourth-order valence-corrected chi connectivity index (χ4v) is 3.13. The van der Waals surface area contributed by atoms with Gasteiger partial charge in [0.2, 0.25) is 0 Å². The van der Waals surface area contributed by atoms with Crippen LogP contribution in [0.1, 0.15) is 49.7 Å².